The molecule has 146 valence electrons. The van der Waals surface area contributed by atoms with Gasteiger partial charge in [0.2, 0.25) is 5.91 Å². The van der Waals surface area contributed by atoms with Crippen LogP contribution in [0.3, 0.4) is 0 Å². The van der Waals surface area contributed by atoms with Crippen molar-refractivity contribution in [3.63, 3.8) is 0 Å². The Labute approximate surface area is 164 Å². The van der Waals surface area contributed by atoms with Crippen LogP contribution in [0, 0.1) is 5.92 Å². The van der Waals surface area contributed by atoms with Crippen LogP contribution in [0.4, 0.5) is 0 Å². The van der Waals surface area contributed by atoms with Crippen LogP contribution < -0.4 is 0 Å². The molecule has 2 atom stereocenters. The minimum absolute atomic E-state index is 0.0108. The second-order valence-electron chi connectivity index (χ2n) is 7.99. The summed E-state index contributed by atoms with van der Waals surface area (Å²) in [6.07, 6.45) is 7.75. The molecule has 6 nitrogen and oxygen atoms in total. The first-order valence-corrected chi connectivity index (χ1v) is 9.95. The van der Waals surface area contributed by atoms with E-state index in [1.54, 1.807) is 4.90 Å². The molecule has 1 aromatic heterocycles. The maximum absolute atomic E-state index is 12.7. The Morgan fingerprint density at radius 1 is 1.04 bits per heavy atom. The molecule has 1 aliphatic carbocycles. The van der Waals surface area contributed by atoms with Crippen molar-refractivity contribution < 1.29 is 14.7 Å². The molecular weight excluding hydrogens is 354 g/mol. The summed E-state index contributed by atoms with van der Waals surface area (Å²) in [5, 5.41) is 9.26. The Hall–Kier alpha value is -2.76. The lowest BCUT2D eigenvalue weighted by Crippen LogP contribution is -2.47. The van der Waals surface area contributed by atoms with Gasteiger partial charge in [0.25, 0.3) is 0 Å². The third-order valence-corrected chi connectivity index (χ3v) is 5.81. The molecule has 4 rings (SSSR count). The smallest absolute Gasteiger partial charge is 0.308 e. The first kappa shape index (κ1) is 18.6. The van der Waals surface area contributed by atoms with Crippen LogP contribution in [0.25, 0.3) is 11.1 Å². The van der Waals surface area contributed by atoms with Gasteiger partial charge in [-0.25, -0.2) is 9.97 Å². The lowest BCUT2D eigenvalue weighted by Gasteiger charge is -2.36. The number of rotatable bonds is 5. The molecule has 28 heavy (non-hydrogen) atoms. The predicted octanol–water partition coefficient (Wildman–Crippen LogP) is 3.28. The number of piperidine rings is 1. The van der Waals surface area contributed by atoms with E-state index in [9.17, 15) is 14.7 Å². The lowest BCUT2D eigenvalue weighted by molar-refractivity contribution is -0.147. The van der Waals surface area contributed by atoms with Crippen molar-refractivity contribution in [2.45, 2.75) is 51.0 Å². The Morgan fingerprint density at radius 3 is 2.32 bits per heavy atom. The molecule has 1 saturated carbocycles. The molecule has 2 aliphatic rings. The topological polar surface area (TPSA) is 83.4 Å². The van der Waals surface area contributed by atoms with Crippen LogP contribution in [-0.4, -0.2) is 44.4 Å². The zero-order valence-electron chi connectivity index (χ0n) is 16.0. The number of aromatic nitrogens is 2. The number of carbonyl (C=O) groups excluding carboxylic acids is 1. The van der Waals surface area contributed by atoms with Crippen LogP contribution in [0.5, 0.6) is 0 Å². The van der Waals surface area contributed by atoms with Crippen molar-refractivity contribution in [1.29, 1.82) is 0 Å². The minimum Gasteiger partial charge on any atom is -0.481 e. The van der Waals surface area contributed by atoms with E-state index in [0.717, 1.165) is 28.9 Å². The maximum Gasteiger partial charge on any atom is 0.308 e. The summed E-state index contributed by atoms with van der Waals surface area (Å²) in [4.78, 5) is 34.6. The quantitative estimate of drug-likeness (QED) is 0.862. The first-order valence-electron chi connectivity index (χ1n) is 9.95. The molecule has 2 heterocycles. The summed E-state index contributed by atoms with van der Waals surface area (Å²) in [7, 11) is 0. The number of hydrogen-bond donors (Lipinski definition) is 1. The molecule has 2 aromatic rings. The Kier molecular flexibility index (Phi) is 5.11. The van der Waals surface area contributed by atoms with E-state index in [4.69, 9.17) is 0 Å². The highest BCUT2D eigenvalue weighted by molar-refractivity contribution is 5.80. The molecule has 1 N–H and O–H groups in total. The highest BCUT2D eigenvalue weighted by atomic mass is 16.4. The lowest BCUT2D eigenvalue weighted by atomic mass is 9.93. The first-order chi connectivity index (χ1) is 13.5. The normalized spacial score (nSPS) is 22.1. The van der Waals surface area contributed by atoms with E-state index in [1.807, 2.05) is 43.6 Å². The van der Waals surface area contributed by atoms with Crippen molar-refractivity contribution in [2.75, 3.05) is 6.54 Å². The van der Waals surface area contributed by atoms with Crippen LogP contribution in [0.15, 0.2) is 36.7 Å². The number of nitrogens with zero attached hydrogens (tertiary/aromatic N) is 3. The van der Waals surface area contributed by atoms with Gasteiger partial charge in [0.15, 0.2) is 0 Å². The fourth-order valence-corrected chi connectivity index (χ4v) is 3.79. The van der Waals surface area contributed by atoms with Crippen LogP contribution in [0.2, 0.25) is 0 Å². The summed E-state index contributed by atoms with van der Waals surface area (Å²) in [5.74, 6) is 0.190. The summed E-state index contributed by atoms with van der Waals surface area (Å²) in [5.41, 5.74) is 2.92. The third-order valence-electron chi connectivity index (χ3n) is 5.81. The van der Waals surface area contributed by atoms with Gasteiger partial charge in [0.1, 0.15) is 5.82 Å². The Morgan fingerprint density at radius 2 is 1.71 bits per heavy atom. The van der Waals surface area contributed by atoms with Crippen molar-refractivity contribution in [1.82, 2.24) is 14.9 Å². The number of amides is 1. The molecule has 0 unspecified atom stereocenters. The predicted molar refractivity (Wildman–Crippen MR) is 105 cm³/mol. The van der Waals surface area contributed by atoms with Gasteiger partial charge >= 0.3 is 5.97 Å². The number of carboxylic acids is 1. The van der Waals surface area contributed by atoms with Gasteiger partial charge in [-0.1, -0.05) is 24.3 Å². The van der Waals surface area contributed by atoms with Crippen molar-refractivity contribution in [2.24, 2.45) is 5.92 Å². The van der Waals surface area contributed by atoms with Gasteiger partial charge in [0.05, 0.1) is 12.3 Å². The van der Waals surface area contributed by atoms with E-state index in [-0.39, 0.29) is 18.4 Å². The minimum atomic E-state index is -0.816. The number of likely N-dealkylation sites (tertiary alicyclic amines) is 1. The number of aliphatic carboxylic acids is 1. The molecular formula is C22H25N3O3. The van der Waals surface area contributed by atoms with E-state index >= 15 is 0 Å². The molecule has 1 aliphatic heterocycles. The van der Waals surface area contributed by atoms with E-state index in [2.05, 4.69) is 9.97 Å². The molecule has 1 aromatic carbocycles. The second kappa shape index (κ2) is 7.70. The fraction of sp³-hybridized carbons (Fsp3) is 0.455. The Balaban J connectivity index is 1.40. The fourth-order valence-electron chi connectivity index (χ4n) is 3.79. The highest BCUT2D eigenvalue weighted by Crippen LogP contribution is 2.38. The van der Waals surface area contributed by atoms with Gasteiger partial charge < -0.3 is 10.0 Å². The second-order valence-corrected chi connectivity index (χ2v) is 7.99. The van der Waals surface area contributed by atoms with Gasteiger partial charge in [0, 0.05) is 36.5 Å². The summed E-state index contributed by atoms with van der Waals surface area (Å²) in [6.45, 7) is 2.29. The standard InChI is InChI=1S/C22H25N3O3/c1-14-2-5-18(22(27)28)13-25(14)20(26)10-15-3-6-16(7-4-15)19-11-23-21(24-12-19)17-8-9-17/h3-4,6-7,11-12,14,17-18H,2,5,8-10,13H2,1H3,(H,27,28)/t14-,18+/m0/s1. The van der Waals surface area contributed by atoms with Crippen molar-refractivity contribution in [3.8, 4) is 11.1 Å². The molecule has 1 amide bonds. The zero-order chi connectivity index (χ0) is 19.7. The largest absolute Gasteiger partial charge is 0.481 e. The average molecular weight is 379 g/mol. The number of carboxylic acid groups (broad SMARTS) is 1. The maximum atomic E-state index is 12.7. The van der Waals surface area contributed by atoms with Crippen molar-refractivity contribution in [3.05, 3.63) is 48.0 Å². The van der Waals surface area contributed by atoms with Crippen LogP contribution >= 0.6 is 0 Å². The van der Waals surface area contributed by atoms with Gasteiger partial charge in [-0.05, 0) is 43.7 Å². The van der Waals surface area contributed by atoms with Crippen molar-refractivity contribution >= 4 is 11.9 Å². The third kappa shape index (κ3) is 4.06. The molecule has 2 fully saturated rings. The molecule has 0 radical (unpaired) electrons. The number of carbonyl (C=O) groups is 2. The summed E-state index contributed by atoms with van der Waals surface area (Å²) in [6, 6.07) is 7.95. The molecule has 0 bridgehead atoms. The van der Waals surface area contributed by atoms with E-state index in [1.165, 1.54) is 12.8 Å². The summed E-state index contributed by atoms with van der Waals surface area (Å²) >= 11 is 0. The van der Waals surface area contributed by atoms with Crippen LogP contribution in [0.1, 0.15) is 49.9 Å². The van der Waals surface area contributed by atoms with Gasteiger partial charge in [-0.3, -0.25) is 9.59 Å². The molecule has 0 spiro atoms. The van der Waals surface area contributed by atoms with E-state index in [0.29, 0.717) is 18.9 Å². The number of benzene rings is 1. The van der Waals surface area contributed by atoms with Gasteiger partial charge in [-0.15, -0.1) is 0 Å². The Bertz CT molecular complexity index is 860. The van der Waals surface area contributed by atoms with Crippen LogP contribution in [-0.2, 0) is 16.0 Å². The molecule has 1 saturated heterocycles. The van der Waals surface area contributed by atoms with E-state index < -0.39 is 11.9 Å². The number of hydrogen-bond acceptors (Lipinski definition) is 4. The monoisotopic (exact) mass is 379 g/mol. The SMILES string of the molecule is C[C@H]1CC[C@@H](C(=O)O)CN1C(=O)Cc1ccc(-c2cnc(C3CC3)nc2)cc1. The highest BCUT2D eigenvalue weighted by Gasteiger charge is 2.32. The average Bonchev–Trinajstić information content (AvgIpc) is 3.54. The summed E-state index contributed by atoms with van der Waals surface area (Å²) < 4.78 is 0. The molecule has 6 heteroatoms. The zero-order valence-corrected chi connectivity index (χ0v) is 16.0. The van der Waals surface area contributed by atoms with Gasteiger partial charge in [-0.2, -0.15) is 0 Å².